The van der Waals surface area contributed by atoms with E-state index in [1.807, 2.05) is 6.07 Å². The van der Waals surface area contributed by atoms with Gasteiger partial charge in [-0.05, 0) is 31.5 Å². The lowest BCUT2D eigenvalue weighted by Crippen LogP contribution is -2.53. The fraction of sp³-hybridized carbons (Fsp3) is 0.588. The summed E-state index contributed by atoms with van der Waals surface area (Å²) in [5, 5.41) is 3.49. The molecule has 114 valence electrons. The number of fused-ring (bicyclic) bond motifs is 1. The molecule has 1 aromatic carbocycles. The highest BCUT2D eigenvalue weighted by Gasteiger charge is 2.34. The molecular weight excluding hydrogens is 262 g/mol. The van der Waals surface area contributed by atoms with Gasteiger partial charge in [-0.2, -0.15) is 0 Å². The Morgan fingerprint density at radius 1 is 1.24 bits per heavy atom. The van der Waals surface area contributed by atoms with E-state index in [4.69, 9.17) is 0 Å². The largest absolute Gasteiger partial charge is 0.382 e. The third kappa shape index (κ3) is 2.91. The van der Waals surface area contributed by atoms with E-state index in [1.54, 1.807) is 0 Å². The van der Waals surface area contributed by atoms with Crippen molar-refractivity contribution in [3.05, 3.63) is 29.8 Å². The first-order chi connectivity index (χ1) is 10.2. The average Bonchev–Trinajstić information content (AvgIpc) is 2.53. The highest BCUT2D eigenvalue weighted by atomic mass is 16.2. The molecule has 1 fully saturated rings. The first-order valence-corrected chi connectivity index (χ1v) is 8.04. The Balaban J connectivity index is 1.68. The van der Waals surface area contributed by atoms with Crippen LogP contribution in [0.1, 0.15) is 19.4 Å². The summed E-state index contributed by atoms with van der Waals surface area (Å²) in [7, 11) is 0. The maximum Gasteiger partial charge on any atom is 0.228 e. The van der Waals surface area contributed by atoms with E-state index in [-0.39, 0.29) is 12.0 Å². The van der Waals surface area contributed by atoms with Gasteiger partial charge >= 0.3 is 0 Å². The van der Waals surface area contributed by atoms with Crippen molar-refractivity contribution in [2.45, 2.75) is 26.3 Å². The predicted molar refractivity (Wildman–Crippen MR) is 85.4 cm³/mol. The van der Waals surface area contributed by atoms with Crippen molar-refractivity contribution in [3.63, 3.8) is 0 Å². The number of anilines is 1. The number of hydrogen-bond donors (Lipinski definition) is 1. The molecule has 3 rings (SSSR count). The van der Waals surface area contributed by atoms with Crippen LogP contribution in [0.2, 0.25) is 0 Å². The van der Waals surface area contributed by atoms with Gasteiger partial charge in [-0.3, -0.25) is 4.79 Å². The van der Waals surface area contributed by atoms with Gasteiger partial charge in [-0.15, -0.1) is 0 Å². The molecular formula is C17H25N3O. The van der Waals surface area contributed by atoms with Gasteiger partial charge in [-0.25, -0.2) is 0 Å². The number of benzene rings is 1. The molecule has 0 bridgehead atoms. The molecule has 2 unspecified atom stereocenters. The Hall–Kier alpha value is -1.55. The van der Waals surface area contributed by atoms with Crippen molar-refractivity contribution in [2.24, 2.45) is 5.92 Å². The van der Waals surface area contributed by atoms with E-state index in [1.165, 1.54) is 11.3 Å². The van der Waals surface area contributed by atoms with E-state index in [9.17, 15) is 4.79 Å². The minimum Gasteiger partial charge on any atom is -0.382 e. The van der Waals surface area contributed by atoms with Gasteiger partial charge in [0, 0.05) is 37.9 Å². The van der Waals surface area contributed by atoms with Crippen LogP contribution in [0, 0.1) is 5.92 Å². The molecule has 0 saturated carbocycles. The number of carbonyl (C=O) groups excluding carboxylic acids is 1. The molecule has 4 heteroatoms. The van der Waals surface area contributed by atoms with Crippen LogP contribution >= 0.6 is 0 Å². The number of likely N-dealkylation sites (N-methyl/N-ethyl adjacent to an activating group) is 1. The first-order valence-electron chi connectivity index (χ1n) is 8.04. The summed E-state index contributed by atoms with van der Waals surface area (Å²) in [6, 6.07) is 8.54. The van der Waals surface area contributed by atoms with Crippen molar-refractivity contribution in [1.29, 1.82) is 0 Å². The van der Waals surface area contributed by atoms with Crippen LogP contribution < -0.4 is 5.32 Å². The van der Waals surface area contributed by atoms with Crippen LogP contribution in [0.3, 0.4) is 0 Å². The summed E-state index contributed by atoms with van der Waals surface area (Å²) in [6.07, 6.45) is 0.858. The fourth-order valence-electron chi connectivity index (χ4n) is 3.42. The van der Waals surface area contributed by atoms with Crippen molar-refractivity contribution >= 4 is 11.6 Å². The summed E-state index contributed by atoms with van der Waals surface area (Å²) in [4.78, 5) is 17.3. The second-order valence-corrected chi connectivity index (χ2v) is 6.16. The summed E-state index contributed by atoms with van der Waals surface area (Å²) in [6.45, 7) is 9.15. The molecule has 2 aliphatic rings. The maximum absolute atomic E-state index is 12.8. The zero-order chi connectivity index (χ0) is 14.8. The number of rotatable bonds is 2. The van der Waals surface area contributed by atoms with Crippen LogP contribution in [0.25, 0.3) is 0 Å². The van der Waals surface area contributed by atoms with Gasteiger partial charge in [-0.1, -0.05) is 25.1 Å². The van der Waals surface area contributed by atoms with Gasteiger partial charge in [0.15, 0.2) is 0 Å². The number of nitrogens with one attached hydrogen (secondary N) is 1. The van der Waals surface area contributed by atoms with E-state index < -0.39 is 0 Å². The molecule has 2 aliphatic heterocycles. The van der Waals surface area contributed by atoms with E-state index in [0.717, 1.165) is 39.1 Å². The molecule has 1 amide bonds. The SMILES string of the molecule is CCN1CCN(C(=O)C2Cc3ccccc3NC2C)CC1. The van der Waals surface area contributed by atoms with Crippen molar-refractivity contribution in [2.75, 3.05) is 38.0 Å². The zero-order valence-electron chi connectivity index (χ0n) is 13.0. The molecule has 0 aliphatic carbocycles. The number of amides is 1. The lowest BCUT2D eigenvalue weighted by molar-refractivity contribution is -0.137. The van der Waals surface area contributed by atoms with Crippen molar-refractivity contribution in [1.82, 2.24) is 9.80 Å². The van der Waals surface area contributed by atoms with Crippen LogP contribution in [0.4, 0.5) is 5.69 Å². The minimum absolute atomic E-state index is 0.0630. The van der Waals surface area contributed by atoms with Gasteiger partial charge in [0.25, 0.3) is 0 Å². The normalized spacial score (nSPS) is 26.1. The molecule has 4 nitrogen and oxygen atoms in total. The average molecular weight is 287 g/mol. The monoisotopic (exact) mass is 287 g/mol. The van der Waals surface area contributed by atoms with E-state index in [2.05, 4.69) is 47.2 Å². The smallest absolute Gasteiger partial charge is 0.228 e. The molecule has 2 heterocycles. The number of piperazine rings is 1. The number of nitrogens with zero attached hydrogens (tertiary/aromatic N) is 2. The Morgan fingerprint density at radius 3 is 2.67 bits per heavy atom. The Bertz CT molecular complexity index is 509. The Kier molecular flexibility index (Phi) is 4.15. The van der Waals surface area contributed by atoms with E-state index in [0.29, 0.717) is 5.91 Å². The number of hydrogen-bond acceptors (Lipinski definition) is 3. The Labute approximate surface area is 127 Å². The van der Waals surface area contributed by atoms with Gasteiger partial charge < -0.3 is 15.1 Å². The van der Waals surface area contributed by atoms with Crippen molar-refractivity contribution < 1.29 is 4.79 Å². The van der Waals surface area contributed by atoms with Crippen molar-refractivity contribution in [3.8, 4) is 0 Å². The molecule has 1 saturated heterocycles. The summed E-state index contributed by atoms with van der Waals surface area (Å²) >= 11 is 0. The predicted octanol–water partition coefficient (Wildman–Crippen LogP) is 1.82. The number of para-hydroxylation sites is 1. The lowest BCUT2D eigenvalue weighted by Gasteiger charge is -2.39. The maximum atomic E-state index is 12.8. The molecule has 0 radical (unpaired) electrons. The van der Waals surface area contributed by atoms with Crippen LogP contribution in [0.15, 0.2) is 24.3 Å². The highest BCUT2D eigenvalue weighted by Crippen LogP contribution is 2.29. The van der Waals surface area contributed by atoms with Crippen LogP contribution in [0.5, 0.6) is 0 Å². The molecule has 0 spiro atoms. The quantitative estimate of drug-likeness (QED) is 0.901. The highest BCUT2D eigenvalue weighted by molar-refractivity contribution is 5.81. The first kappa shape index (κ1) is 14.4. The third-order valence-electron chi connectivity index (χ3n) is 4.89. The molecule has 1 N–H and O–H groups in total. The minimum atomic E-state index is 0.0630. The molecule has 2 atom stereocenters. The van der Waals surface area contributed by atoms with Gasteiger partial charge in [0.2, 0.25) is 5.91 Å². The van der Waals surface area contributed by atoms with E-state index >= 15 is 0 Å². The molecule has 1 aromatic rings. The standard InChI is InChI=1S/C17H25N3O/c1-3-19-8-10-20(11-9-19)17(21)15-12-14-6-4-5-7-16(14)18-13(15)2/h4-7,13,15,18H,3,8-12H2,1-2H3. The third-order valence-corrected chi connectivity index (χ3v) is 4.89. The Morgan fingerprint density at radius 2 is 1.95 bits per heavy atom. The van der Waals surface area contributed by atoms with Gasteiger partial charge in [0.05, 0.1) is 5.92 Å². The summed E-state index contributed by atoms with van der Waals surface area (Å²) < 4.78 is 0. The number of carbonyl (C=O) groups is 1. The fourth-order valence-corrected chi connectivity index (χ4v) is 3.42. The summed E-state index contributed by atoms with van der Waals surface area (Å²) in [5.41, 5.74) is 2.45. The van der Waals surface area contributed by atoms with Crippen LogP contribution in [-0.4, -0.2) is 54.5 Å². The second kappa shape index (κ2) is 6.06. The molecule has 21 heavy (non-hydrogen) atoms. The molecule has 0 aromatic heterocycles. The topological polar surface area (TPSA) is 35.6 Å². The van der Waals surface area contributed by atoms with Crippen LogP contribution in [-0.2, 0) is 11.2 Å². The summed E-state index contributed by atoms with van der Waals surface area (Å²) in [5.74, 6) is 0.383. The lowest BCUT2D eigenvalue weighted by atomic mass is 9.87. The van der Waals surface area contributed by atoms with Gasteiger partial charge in [0.1, 0.15) is 0 Å². The zero-order valence-corrected chi connectivity index (χ0v) is 13.0. The second-order valence-electron chi connectivity index (χ2n) is 6.16.